The molecule has 0 aromatic heterocycles. The van der Waals surface area contributed by atoms with Gasteiger partial charge in [0, 0.05) is 17.0 Å². The summed E-state index contributed by atoms with van der Waals surface area (Å²) in [7, 11) is 0. The van der Waals surface area contributed by atoms with Crippen molar-refractivity contribution in [2.24, 2.45) is 5.41 Å². The summed E-state index contributed by atoms with van der Waals surface area (Å²) in [6, 6.07) is 22.8. The number of hydrogen-bond donors (Lipinski definition) is 2. The normalized spacial score (nSPS) is 12.1. The molecular weight excluding hydrogens is 423 g/mol. The number of para-hydroxylation sites is 1. The largest absolute Gasteiger partial charge is 0.326 e. The maximum Gasteiger partial charge on any atom is 0.242 e. The molecule has 2 amide bonds. The Balaban J connectivity index is 1.80. The van der Waals surface area contributed by atoms with Crippen LogP contribution in [0.5, 0.6) is 0 Å². The maximum atomic E-state index is 14.1. The van der Waals surface area contributed by atoms with Crippen molar-refractivity contribution in [1.29, 1.82) is 0 Å². The van der Waals surface area contributed by atoms with E-state index in [-0.39, 0.29) is 22.9 Å². The average Bonchev–Trinajstić information content (AvgIpc) is 2.73. The summed E-state index contributed by atoms with van der Waals surface area (Å²) in [4.78, 5) is 26.2. The second-order valence-electron chi connectivity index (χ2n) is 8.69. The van der Waals surface area contributed by atoms with E-state index in [0.717, 1.165) is 10.5 Å². The smallest absolute Gasteiger partial charge is 0.242 e. The number of carbonyl (C=O) groups excluding carboxylic acids is 2. The summed E-state index contributed by atoms with van der Waals surface area (Å²) in [5.74, 6) is -0.869. The SMILES string of the molecule is CC(C)(C)CC(=O)Nc1cccc(SC(C(=O)Nc2ccccc2F)c2ccccc2)c1. The molecule has 0 aliphatic rings. The summed E-state index contributed by atoms with van der Waals surface area (Å²) in [5, 5.41) is 5.02. The highest BCUT2D eigenvalue weighted by atomic mass is 32.2. The molecule has 3 rings (SSSR count). The van der Waals surface area contributed by atoms with Crippen LogP contribution in [0.3, 0.4) is 0 Å². The summed E-state index contributed by atoms with van der Waals surface area (Å²) >= 11 is 1.34. The van der Waals surface area contributed by atoms with Gasteiger partial charge >= 0.3 is 0 Å². The van der Waals surface area contributed by atoms with Crippen LogP contribution in [0.15, 0.2) is 83.8 Å². The van der Waals surface area contributed by atoms with Crippen LogP contribution in [-0.4, -0.2) is 11.8 Å². The number of hydrogen-bond acceptors (Lipinski definition) is 3. The zero-order valence-electron chi connectivity index (χ0n) is 18.4. The number of thioether (sulfide) groups is 1. The van der Waals surface area contributed by atoms with Crippen LogP contribution in [-0.2, 0) is 9.59 Å². The van der Waals surface area contributed by atoms with Crippen LogP contribution in [0.1, 0.15) is 38.0 Å². The van der Waals surface area contributed by atoms with Gasteiger partial charge in [-0.1, -0.05) is 69.3 Å². The van der Waals surface area contributed by atoms with Gasteiger partial charge in [0.15, 0.2) is 0 Å². The fourth-order valence-corrected chi connectivity index (χ4v) is 4.22. The fourth-order valence-electron chi connectivity index (χ4n) is 3.13. The van der Waals surface area contributed by atoms with Crippen LogP contribution >= 0.6 is 11.8 Å². The Morgan fingerprint density at radius 1 is 0.906 bits per heavy atom. The van der Waals surface area contributed by atoms with E-state index in [0.29, 0.717) is 12.1 Å². The van der Waals surface area contributed by atoms with E-state index >= 15 is 0 Å². The van der Waals surface area contributed by atoms with E-state index in [9.17, 15) is 14.0 Å². The first-order valence-electron chi connectivity index (χ1n) is 10.4. The van der Waals surface area contributed by atoms with Crippen molar-refractivity contribution >= 4 is 35.0 Å². The zero-order chi connectivity index (χ0) is 23.1. The number of halogens is 1. The van der Waals surface area contributed by atoms with Crippen molar-refractivity contribution < 1.29 is 14.0 Å². The van der Waals surface area contributed by atoms with E-state index < -0.39 is 11.1 Å². The van der Waals surface area contributed by atoms with Gasteiger partial charge in [0.2, 0.25) is 11.8 Å². The lowest BCUT2D eigenvalue weighted by Gasteiger charge is -2.19. The van der Waals surface area contributed by atoms with Crippen molar-refractivity contribution in [3.8, 4) is 0 Å². The molecule has 0 fully saturated rings. The molecule has 0 bridgehead atoms. The van der Waals surface area contributed by atoms with Gasteiger partial charge < -0.3 is 10.6 Å². The highest BCUT2D eigenvalue weighted by molar-refractivity contribution is 8.00. The molecule has 0 saturated carbocycles. The summed E-state index contributed by atoms with van der Waals surface area (Å²) in [6.07, 6.45) is 0.405. The Morgan fingerprint density at radius 2 is 1.59 bits per heavy atom. The molecular formula is C26H27FN2O2S. The number of benzene rings is 3. The second kappa shape index (κ2) is 10.5. The summed E-state index contributed by atoms with van der Waals surface area (Å²) < 4.78 is 14.1. The molecule has 166 valence electrons. The molecule has 1 atom stereocenters. The van der Waals surface area contributed by atoms with Crippen LogP contribution in [0.2, 0.25) is 0 Å². The first-order chi connectivity index (χ1) is 15.2. The number of nitrogens with one attached hydrogen (secondary N) is 2. The van der Waals surface area contributed by atoms with Gasteiger partial charge in [-0.05, 0) is 41.3 Å². The Bertz CT molecular complexity index is 1080. The molecule has 32 heavy (non-hydrogen) atoms. The Hall–Kier alpha value is -3.12. The van der Waals surface area contributed by atoms with Crippen molar-refractivity contribution in [1.82, 2.24) is 0 Å². The Kier molecular flexibility index (Phi) is 7.70. The highest BCUT2D eigenvalue weighted by Gasteiger charge is 2.23. The fraction of sp³-hybridized carbons (Fsp3) is 0.231. The first kappa shape index (κ1) is 23.5. The molecule has 6 heteroatoms. The van der Waals surface area contributed by atoms with Gasteiger partial charge in [-0.2, -0.15) is 0 Å². The molecule has 1 unspecified atom stereocenters. The topological polar surface area (TPSA) is 58.2 Å². The van der Waals surface area contributed by atoms with E-state index in [1.165, 1.54) is 23.9 Å². The number of carbonyl (C=O) groups is 2. The highest BCUT2D eigenvalue weighted by Crippen LogP contribution is 2.37. The number of rotatable bonds is 7. The molecule has 4 nitrogen and oxygen atoms in total. The number of anilines is 2. The van der Waals surface area contributed by atoms with Crippen LogP contribution < -0.4 is 10.6 Å². The lowest BCUT2D eigenvalue weighted by molar-refractivity contribution is -0.118. The summed E-state index contributed by atoms with van der Waals surface area (Å²) in [6.45, 7) is 6.03. The molecule has 2 N–H and O–H groups in total. The van der Waals surface area contributed by atoms with Crippen molar-refractivity contribution in [3.63, 3.8) is 0 Å². The van der Waals surface area contributed by atoms with E-state index in [1.807, 2.05) is 75.4 Å². The van der Waals surface area contributed by atoms with Gasteiger partial charge in [0.25, 0.3) is 0 Å². The third kappa shape index (κ3) is 6.95. The first-order valence-corrected chi connectivity index (χ1v) is 11.3. The van der Waals surface area contributed by atoms with Crippen LogP contribution in [0, 0.1) is 11.2 Å². The predicted molar refractivity (Wildman–Crippen MR) is 129 cm³/mol. The Labute approximate surface area is 192 Å². The third-order valence-corrected chi connectivity index (χ3v) is 5.78. The van der Waals surface area contributed by atoms with Gasteiger partial charge in [-0.25, -0.2) is 4.39 Å². The minimum Gasteiger partial charge on any atom is -0.326 e. The van der Waals surface area contributed by atoms with E-state index in [1.54, 1.807) is 12.1 Å². The quantitative estimate of drug-likeness (QED) is 0.395. The third-order valence-electron chi connectivity index (χ3n) is 4.53. The van der Waals surface area contributed by atoms with Crippen molar-refractivity contribution in [2.75, 3.05) is 10.6 Å². The van der Waals surface area contributed by atoms with Crippen molar-refractivity contribution in [2.45, 2.75) is 37.3 Å². The van der Waals surface area contributed by atoms with E-state index in [2.05, 4.69) is 10.6 Å². The van der Waals surface area contributed by atoms with Gasteiger partial charge in [0.05, 0.1) is 5.69 Å². The van der Waals surface area contributed by atoms with Crippen LogP contribution in [0.4, 0.5) is 15.8 Å². The van der Waals surface area contributed by atoms with Crippen molar-refractivity contribution in [3.05, 3.63) is 90.2 Å². The van der Waals surface area contributed by atoms with Gasteiger partial charge in [-0.15, -0.1) is 11.8 Å². The Morgan fingerprint density at radius 3 is 2.28 bits per heavy atom. The predicted octanol–water partition coefficient (Wildman–Crippen LogP) is 6.67. The van der Waals surface area contributed by atoms with Crippen LogP contribution in [0.25, 0.3) is 0 Å². The average molecular weight is 451 g/mol. The molecule has 0 spiro atoms. The molecule has 0 heterocycles. The molecule has 0 aliphatic carbocycles. The van der Waals surface area contributed by atoms with Gasteiger partial charge in [-0.3, -0.25) is 9.59 Å². The molecule has 3 aromatic carbocycles. The summed E-state index contributed by atoms with van der Waals surface area (Å²) in [5.41, 5.74) is 1.50. The van der Waals surface area contributed by atoms with Gasteiger partial charge in [0.1, 0.15) is 11.1 Å². The minimum absolute atomic E-state index is 0.0587. The van der Waals surface area contributed by atoms with E-state index in [4.69, 9.17) is 0 Å². The lowest BCUT2D eigenvalue weighted by Crippen LogP contribution is -2.20. The molecule has 3 aromatic rings. The zero-order valence-corrected chi connectivity index (χ0v) is 19.2. The standard InChI is InChI=1S/C26H27FN2O2S/c1-26(2,3)17-23(30)28-19-12-9-13-20(16-19)32-24(18-10-5-4-6-11-18)25(31)29-22-15-8-7-14-21(22)27/h4-16,24H,17H2,1-3H3,(H,28,30)(H,29,31). The molecule has 0 saturated heterocycles. The molecule has 0 aliphatic heterocycles. The molecule has 0 radical (unpaired) electrons. The minimum atomic E-state index is -0.601. The monoisotopic (exact) mass is 450 g/mol. The second-order valence-corrected chi connectivity index (χ2v) is 9.87. The lowest BCUT2D eigenvalue weighted by atomic mass is 9.92. The number of amides is 2. The maximum absolute atomic E-state index is 14.1.